The van der Waals surface area contributed by atoms with Gasteiger partial charge in [-0.1, -0.05) is 23.7 Å². The lowest BCUT2D eigenvalue weighted by atomic mass is 9.94. The predicted octanol–water partition coefficient (Wildman–Crippen LogP) is 3.01. The van der Waals surface area contributed by atoms with Crippen molar-refractivity contribution in [2.24, 2.45) is 35.4 Å². The van der Waals surface area contributed by atoms with Crippen LogP contribution in [0, 0.1) is 29.6 Å². The van der Waals surface area contributed by atoms with Crippen LogP contribution in [0.3, 0.4) is 0 Å². The van der Waals surface area contributed by atoms with Crippen molar-refractivity contribution in [1.29, 1.82) is 0 Å². The van der Waals surface area contributed by atoms with Gasteiger partial charge in [0.2, 0.25) is 0 Å². The molecule has 0 saturated heterocycles. The third kappa shape index (κ3) is 1.93. The Kier molecular flexibility index (Phi) is 2.87. The number of hydrogen-bond donors (Lipinski definition) is 2. The largest absolute Gasteiger partial charge is 0.271 e. The first kappa shape index (κ1) is 12.2. The number of hydrazine groups is 1. The van der Waals surface area contributed by atoms with E-state index in [1.165, 1.54) is 24.8 Å². The molecule has 0 spiro atoms. The summed E-state index contributed by atoms with van der Waals surface area (Å²) in [6.07, 6.45) is 5.45. The second-order valence-electron chi connectivity index (χ2n) is 6.67. The van der Waals surface area contributed by atoms with E-state index in [4.69, 9.17) is 17.4 Å². The van der Waals surface area contributed by atoms with Crippen LogP contribution in [0.15, 0.2) is 24.3 Å². The number of hydrogen-bond acceptors (Lipinski definition) is 2. The van der Waals surface area contributed by atoms with E-state index in [1.807, 2.05) is 12.1 Å². The Morgan fingerprint density at radius 1 is 1.26 bits per heavy atom. The Bertz CT molecular complexity index is 473. The molecule has 3 aliphatic carbocycles. The van der Waals surface area contributed by atoms with Gasteiger partial charge in [-0.3, -0.25) is 11.3 Å². The van der Waals surface area contributed by atoms with E-state index >= 15 is 0 Å². The molecule has 0 aromatic heterocycles. The number of nitrogens with two attached hydrogens (primary N) is 1. The quantitative estimate of drug-likeness (QED) is 0.655. The van der Waals surface area contributed by atoms with E-state index in [2.05, 4.69) is 17.6 Å². The summed E-state index contributed by atoms with van der Waals surface area (Å²) in [6.45, 7) is 0. The van der Waals surface area contributed by atoms with Gasteiger partial charge in [-0.25, -0.2) is 0 Å². The third-order valence-electron chi connectivity index (χ3n) is 5.82. The van der Waals surface area contributed by atoms with Crippen LogP contribution < -0.4 is 11.3 Å². The standard InChI is InChI=1S/C16H21ClN2/c17-12-3-1-2-9(6-12)7-13(19-18)16-14-10-4-5-11(8-10)15(14)16/h1-3,6,10-11,13-16,19H,4-5,7-8,18H2. The predicted molar refractivity (Wildman–Crippen MR) is 77.6 cm³/mol. The zero-order valence-electron chi connectivity index (χ0n) is 11.1. The lowest BCUT2D eigenvalue weighted by molar-refractivity contribution is 0.365. The van der Waals surface area contributed by atoms with Crippen LogP contribution in [0.25, 0.3) is 0 Å². The first-order chi connectivity index (χ1) is 9.28. The minimum Gasteiger partial charge on any atom is -0.271 e. The molecule has 5 unspecified atom stereocenters. The molecular formula is C16H21ClN2. The number of nitrogens with one attached hydrogen (secondary N) is 1. The molecule has 0 heterocycles. The summed E-state index contributed by atoms with van der Waals surface area (Å²) in [6, 6.07) is 8.61. The van der Waals surface area contributed by atoms with Gasteiger partial charge in [0.25, 0.3) is 0 Å². The summed E-state index contributed by atoms with van der Waals surface area (Å²) in [5, 5.41) is 0.823. The second-order valence-corrected chi connectivity index (χ2v) is 7.11. The molecule has 5 atom stereocenters. The van der Waals surface area contributed by atoms with E-state index in [-0.39, 0.29) is 0 Å². The van der Waals surface area contributed by atoms with Gasteiger partial charge in [0.05, 0.1) is 0 Å². The number of halogens is 1. The molecule has 19 heavy (non-hydrogen) atoms. The summed E-state index contributed by atoms with van der Waals surface area (Å²) < 4.78 is 0. The Morgan fingerprint density at radius 2 is 2.00 bits per heavy atom. The van der Waals surface area contributed by atoms with Gasteiger partial charge in [-0.15, -0.1) is 0 Å². The fourth-order valence-electron chi connectivity index (χ4n) is 5.15. The van der Waals surface area contributed by atoms with Crippen LogP contribution in [0.2, 0.25) is 5.02 Å². The Labute approximate surface area is 119 Å². The average molecular weight is 277 g/mol. The summed E-state index contributed by atoms with van der Waals surface area (Å²) in [4.78, 5) is 0. The highest BCUT2D eigenvalue weighted by molar-refractivity contribution is 6.30. The first-order valence-electron chi connectivity index (χ1n) is 7.48. The van der Waals surface area contributed by atoms with Crippen molar-refractivity contribution >= 4 is 11.6 Å². The van der Waals surface area contributed by atoms with E-state index in [0.29, 0.717) is 6.04 Å². The van der Waals surface area contributed by atoms with Crippen LogP contribution in [0.1, 0.15) is 24.8 Å². The average Bonchev–Trinajstić information content (AvgIpc) is 2.83. The normalized spacial score (nSPS) is 40.2. The fraction of sp³-hybridized carbons (Fsp3) is 0.625. The Balaban J connectivity index is 1.48. The maximum Gasteiger partial charge on any atom is 0.0408 e. The highest BCUT2D eigenvalue weighted by atomic mass is 35.5. The van der Waals surface area contributed by atoms with Gasteiger partial charge in [-0.2, -0.15) is 0 Å². The van der Waals surface area contributed by atoms with Gasteiger partial charge in [0.1, 0.15) is 0 Å². The molecule has 2 nitrogen and oxygen atoms in total. The molecule has 3 saturated carbocycles. The smallest absolute Gasteiger partial charge is 0.0408 e. The lowest BCUT2D eigenvalue weighted by Crippen LogP contribution is -2.40. The molecule has 3 aliphatic rings. The molecule has 3 heteroatoms. The van der Waals surface area contributed by atoms with Crippen molar-refractivity contribution in [1.82, 2.24) is 5.43 Å². The van der Waals surface area contributed by atoms with Gasteiger partial charge >= 0.3 is 0 Å². The molecule has 3 N–H and O–H groups in total. The maximum absolute atomic E-state index is 6.07. The Hall–Kier alpha value is -0.570. The zero-order valence-corrected chi connectivity index (χ0v) is 11.8. The van der Waals surface area contributed by atoms with Crippen LogP contribution in [-0.4, -0.2) is 6.04 Å². The van der Waals surface area contributed by atoms with Gasteiger partial charge in [-0.05, 0) is 73.0 Å². The minimum absolute atomic E-state index is 0.428. The first-order valence-corrected chi connectivity index (χ1v) is 7.86. The number of benzene rings is 1. The molecule has 0 amide bonds. The molecule has 1 aromatic rings. The SMILES string of the molecule is NNC(Cc1cccc(Cl)c1)C1C2C3CCC(C3)C21. The molecule has 3 fully saturated rings. The van der Waals surface area contributed by atoms with E-state index < -0.39 is 0 Å². The van der Waals surface area contributed by atoms with Gasteiger partial charge in [0.15, 0.2) is 0 Å². The molecule has 102 valence electrons. The summed E-state index contributed by atoms with van der Waals surface area (Å²) in [5.74, 6) is 10.6. The maximum atomic E-state index is 6.07. The second kappa shape index (κ2) is 4.47. The van der Waals surface area contributed by atoms with E-state index in [9.17, 15) is 0 Å². The molecule has 4 rings (SSSR count). The van der Waals surface area contributed by atoms with Gasteiger partial charge < -0.3 is 0 Å². The van der Waals surface area contributed by atoms with Crippen LogP contribution in [-0.2, 0) is 6.42 Å². The monoisotopic (exact) mass is 276 g/mol. The van der Waals surface area contributed by atoms with Crippen molar-refractivity contribution in [2.75, 3.05) is 0 Å². The van der Waals surface area contributed by atoms with Crippen molar-refractivity contribution in [3.05, 3.63) is 34.9 Å². The van der Waals surface area contributed by atoms with Crippen molar-refractivity contribution < 1.29 is 0 Å². The lowest BCUT2D eigenvalue weighted by Gasteiger charge is -2.20. The molecule has 0 radical (unpaired) electrons. The molecular weight excluding hydrogens is 256 g/mol. The molecule has 1 aromatic carbocycles. The van der Waals surface area contributed by atoms with Crippen molar-refractivity contribution in [2.45, 2.75) is 31.7 Å². The van der Waals surface area contributed by atoms with Crippen molar-refractivity contribution in [3.63, 3.8) is 0 Å². The number of rotatable bonds is 4. The van der Waals surface area contributed by atoms with Crippen molar-refractivity contribution in [3.8, 4) is 0 Å². The van der Waals surface area contributed by atoms with E-state index in [1.54, 1.807) is 0 Å². The topological polar surface area (TPSA) is 38.0 Å². The van der Waals surface area contributed by atoms with Crippen LogP contribution in [0.5, 0.6) is 0 Å². The summed E-state index contributed by atoms with van der Waals surface area (Å²) in [5.41, 5.74) is 4.39. The Morgan fingerprint density at radius 3 is 2.63 bits per heavy atom. The molecule has 2 bridgehead atoms. The summed E-state index contributed by atoms with van der Waals surface area (Å²) >= 11 is 6.07. The summed E-state index contributed by atoms with van der Waals surface area (Å²) in [7, 11) is 0. The van der Waals surface area contributed by atoms with E-state index in [0.717, 1.165) is 41.0 Å². The number of fused-ring (bicyclic) bond motifs is 5. The van der Waals surface area contributed by atoms with Crippen LogP contribution >= 0.6 is 11.6 Å². The fourth-order valence-corrected chi connectivity index (χ4v) is 5.37. The highest BCUT2D eigenvalue weighted by Gasteiger charge is 2.66. The highest BCUT2D eigenvalue weighted by Crippen LogP contribution is 2.70. The van der Waals surface area contributed by atoms with Gasteiger partial charge in [0, 0.05) is 11.1 Å². The molecule has 0 aliphatic heterocycles. The zero-order chi connectivity index (χ0) is 13.0. The minimum atomic E-state index is 0.428. The third-order valence-corrected chi connectivity index (χ3v) is 6.05. The van der Waals surface area contributed by atoms with Crippen LogP contribution in [0.4, 0.5) is 0 Å².